The minimum absolute atomic E-state index is 0.482. The molecule has 7 rings (SSSR count). The number of hydrogen-bond donors (Lipinski definition) is 0. The van der Waals surface area contributed by atoms with Crippen molar-refractivity contribution in [2.45, 2.75) is 44.7 Å². The van der Waals surface area contributed by atoms with Gasteiger partial charge in [-0.05, 0) is 61.6 Å². The van der Waals surface area contributed by atoms with Crippen LogP contribution in [-0.4, -0.2) is 6.04 Å². The molecular weight excluding hydrogens is 330 g/mol. The number of benzene rings is 3. The van der Waals surface area contributed by atoms with Gasteiger partial charge in [0, 0.05) is 28.4 Å². The summed E-state index contributed by atoms with van der Waals surface area (Å²) in [5, 5.41) is 2.44. The number of hydrogen-bond acceptors (Lipinski definition) is 2. The van der Waals surface area contributed by atoms with E-state index in [1.807, 2.05) is 6.07 Å². The highest BCUT2D eigenvalue weighted by atomic mass is 16.3. The van der Waals surface area contributed by atoms with E-state index in [0.717, 1.165) is 11.2 Å². The van der Waals surface area contributed by atoms with Gasteiger partial charge >= 0.3 is 0 Å². The third-order valence-corrected chi connectivity index (χ3v) is 6.84. The van der Waals surface area contributed by atoms with E-state index in [0.29, 0.717) is 18.0 Å². The van der Waals surface area contributed by atoms with Crippen LogP contribution in [0.2, 0.25) is 0 Å². The summed E-state index contributed by atoms with van der Waals surface area (Å²) < 4.78 is 6.10. The molecule has 0 spiro atoms. The maximum atomic E-state index is 6.10. The Hall–Kier alpha value is -2.74. The van der Waals surface area contributed by atoms with Gasteiger partial charge in [0.1, 0.15) is 11.2 Å². The molecular formula is C25H23NO. The lowest BCUT2D eigenvalue weighted by molar-refractivity contribution is 0.324. The van der Waals surface area contributed by atoms with Crippen LogP contribution in [0, 0.1) is 6.92 Å². The molecule has 3 heterocycles. The number of nitrogens with zero attached hydrogens (tertiary/aromatic N) is 1. The van der Waals surface area contributed by atoms with E-state index in [1.54, 1.807) is 5.56 Å². The van der Waals surface area contributed by atoms with Crippen LogP contribution in [0.3, 0.4) is 0 Å². The maximum Gasteiger partial charge on any atom is 0.135 e. The summed E-state index contributed by atoms with van der Waals surface area (Å²) in [4.78, 5) is 2.69. The summed E-state index contributed by atoms with van der Waals surface area (Å²) in [7, 11) is 0. The summed E-state index contributed by atoms with van der Waals surface area (Å²) in [5.41, 5.74) is 7.74. The molecule has 2 unspecified atom stereocenters. The molecule has 2 bridgehead atoms. The van der Waals surface area contributed by atoms with Gasteiger partial charge in [-0.25, -0.2) is 0 Å². The van der Waals surface area contributed by atoms with Gasteiger partial charge in [-0.2, -0.15) is 0 Å². The predicted octanol–water partition coefficient (Wildman–Crippen LogP) is 6.72. The van der Waals surface area contributed by atoms with Crippen LogP contribution in [-0.2, 0) is 0 Å². The Morgan fingerprint density at radius 2 is 1.63 bits per heavy atom. The molecule has 3 aliphatic rings. The molecule has 134 valence electrons. The number of rotatable bonds is 1. The molecule has 2 heteroatoms. The van der Waals surface area contributed by atoms with Gasteiger partial charge in [0.2, 0.25) is 0 Å². The molecule has 4 aromatic rings. The van der Waals surface area contributed by atoms with Gasteiger partial charge < -0.3 is 9.32 Å². The second-order valence-corrected chi connectivity index (χ2v) is 8.21. The summed E-state index contributed by atoms with van der Waals surface area (Å²) in [6.45, 7) is 4.63. The topological polar surface area (TPSA) is 16.4 Å². The minimum atomic E-state index is 0.482. The maximum absolute atomic E-state index is 6.10. The van der Waals surface area contributed by atoms with Crippen LogP contribution in [0.15, 0.2) is 65.1 Å². The highest BCUT2D eigenvalue weighted by Crippen LogP contribution is 2.52. The van der Waals surface area contributed by atoms with E-state index < -0.39 is 0 Å². The fraction of sp³-hybridized carbons (Fsp3) is 0.280. The van der Waals surface area contributed by atoms with Crippen LogP contribution in [0.25, 0.3) is 21.9 Å². The number of aryl methyl sites for hydroxylation is 1. The molecule has 2 aliphatic heterocycles. The highest BCUT2D eigenvalue weighted by Gasteiger charge is 2.43. The van der Waals surface area contributed by atoms with Crippen LogP contribution in [0.5, 0.6) is 0 Å². The largest absolute Gasteiger partial charge is 0.456 e. The van der Waals surface area contributed by atoms with Gasteiger partial charge in [0.05, 0.1) is 6.04 Å². The molecule has 27 heavy (non-hydrogen) atoms. The lowest BCUT2D eigenvalue weighted by Gasteiger charge is -2.53. The highest BCUT2D eigenvalue weighted by molar-refractivity contribution is 6.06. The Balaban J connectivity index is 1.57. The van der Waals surface area contributed by atoms with Crippen molar-refractivity contribution in [3.63, 3.8) is 0 Å². The van der Waals surface area contributed by atoms with Gasteiger partial charge in [0.25, 0.3) is 0 Å². The molecule has 1 fully saturated rings. The summed E-state index contributed by atoms with van der Waals surface area (Å²) >= 11 is 0. The molecule has 1 aromatic heterocycles. The molecule has 2 nitrogen and oxygen atoms in total. The first kappa shape index (κ1) is 15.3. The quantitative estimate of drug-likeness (QED) is 0.377. The fourth-order valence-corrected chi connectivity index (χ4v) is 5.60. The SMILES string of the molecule is Cc1cc2oc3ccccc3c2cc1N1C2CCC(c3ccccc32)[C@@H]1C. The monoisotopic (exact) mass is 353 g/mol. The lowest BCUT2D eigenvalue weighted by atomic mass is 9.70. The summed E-state index contributed by atoms with van der Waals surface area (Å²) in [6.07, 6.45) is 2.55. The predicted molar refractivity (Wildman–Crippen MR) is 112 cm³/mol. The second kappa shape index (κ2) is 5.39. The van der Waals surface area contributed by atoms with E-state index >= 15 is 0 Å². The van der Waals surface area contributed by atoms with Crippen LogP contribution < -0.4 is 4.90 Å². The van der Waals surface area contributed by atoms with Gasteiger partial charge in [0.15, 0.2) is 0 Å². The van der Waals surface area contributed by atoms with Crippen LogP contribution >= 0.6 is 0 Å². The molecule has 1 saturated heterocycles. The molecule has 1 aliphatic carbocycles. The van der Waals surface area contributed by atoms with E-state index in [4.69, 9.17) is 4.42 Å². The Kier molecular flexibility index (Phi) is 3.06. The Labute approximate surface area is 159 Å². The minimum Gasteiger partial charge on any atom is -0.456 e. The molecule has 0 saturated carbocycles. The van der Waals surface area contributed by atoms with Gasteiger partial charge in [-0.1, -0.05) is 42.5 Å². The van der Waals surface area contributed by atoms with Crippen molar-refractivity contribution < 1.29 is 4.42 Å². The molecule has 3 atom stereocenters. The second-order valence-electron chi connectivity index (χ2n) is 8.21. The number of anilines is 1. The van der Waals surface area contributed by atoms with Crippen molar-refractivity contribution in [1.29, 1.82) is 0 Å². The smallest absolute Gasteiger partial charge is 0.135 e. The van der Waals surface area contributed by atoms with Crippen molar-refractivity contribution in [3.8, 4) is 0 Å². The van der Waals surface area contributed by atoms with Crippen molar-refractivity contribution in [1.82, 2.24) is 0 Å². The molecule has 0 N–H and O–H groups in total. The van der Waals surface area contributed by atoms with E-state index in [-0.39, 0.29) is 0 Å². The van der Waals surface area contributed by atoms with Gasteiger partial charge in [-0.15, -0.1) is 0 Å². The van der Waals surface area contributed by atoms with Crippen molar-refractivity contribution in [3.05, 3.63) is 77.4 Å². The fourth-order valence-electron chi connectivity index (χ4n) is 5.60. The van der Waals surface area contributed by atoms with Crippen molar-refractivity contribution in [2.24, 2.45) is 0 Å². The lowest BCUT2D eigenvalue weighted by Crippen LogP contribution is -2.49. The number of furan rings is 1. The van der Waals surface area contributed by atoms with Crippen molar-refractivity contribution in [2.75, 3.05) is 4.90 Å². The third-order valence-electron chi connectivity index (χ3n) is 6.84. The standard InChI is InChI=1S/C25H23NO/c1-15-13-25-21(20-9-5-6-10-24(20)27-25)14-23(15)26-16(2)17-11-12-22(26)19-8-4-3-7-18(17)19/h3-10,13-14,16-17,22H,11-12H2,1-2H3/t16-,17?,22?/m0/s1. The normalized spacial score (nSPS) is 23.9. The van der Waals surface area contributed by atoms with E-state index in [9.17, 15) is 0 Å². The van der Waals surface area contributed by atoms with Crippen LogP contribution in [0.1, 0.15) is 48.4 Å². The van der Waals surface area contributed by atoms with E-state index in [1.165, 1.54) is 40.4 Å². The number of fused-ring (bicyclic) bond motifs is 5. The molecule has 3 aromatic carbocycles. The Bertz CT molecular complexity index is 1190. The molecule has 0 amide bonds. The number of para-hydroxylation sites is 1. The number of piperidine rings is 1. The van der Waals surface area contributed by atoms with Crippen LogP contribution in [0.4, 0.5) is 5.69 Å². The van der Waals surface area contributed by atoms with Crippen molar-refractivity contribution >= 4 is 27.6 Å². The molecule has 0 radical (unpaired) electrons. The Morgan fingerprint density at radius 1 is 0.852 bits per heavy atom. The zero-order chi connectivity index (χ0) is 18.1. The van der Waals surface area contributed by atoms with Gasteiger partial charge in [-0.3, -0.25) is 0 Å². The third kappa shape index (κ3) is 2.01. The first-order valence-corrected chi connectivity index (χ1v) is 10.0. The zero-order valence-corrected chi connectivity index (χ0v) is 15.8. The average Bonchev–Trinajstić information content (AvgIpc) is 3.05. The Morgan fingerprint density at radius 3 is 2.52 bits per heavy atom. The first-order valence-electron chi connectivity index (χ1n) is 10.0. The first-order chi connectivity index (χ1) is 13.2. The average molecular weight is 353 g/mol. The zero-order valence-electron chi connectivity index (χ0n) is 15.8. The summed E-state index contributed by atoms with van der Waals surface area (Å²) in [6, 6.07) is 23.1. The van der Waals surface area contributed by atoms with E-state index in [2.05, 4.69) is 73.3 Å². The summed E-state index contributed by atoms with van der Waals surface area (Å²) in [5.74, 6) is 0.627.